The first-order valence-corrected chi connectivity index (χ1v) is 7.98. The highest BCUT2D eigenvalue weighted by atomic mass is 15.3. The zero-order valence-electron chi connectivity index (χ0n) is 13.5. The summed E-state index contributed by atoms with van der Waals surface area (Å²) >= 11 is 0. The predicted octanol–water partition coefficient (Wildman–Crippen LogP) is 2.63. The van der Waals surface area contributed by atoms with Crippen LogP contribution in [0.4, 0.5) is 0 Å². The van der Waals surface area contributed by atoms with Crippen LogP contribution in [0.2, 0.25) is 0 Å². The van der Waals surface area contributed by atoms with Crippen molar-refractivity contribution in [3.05, 3.63) is 17.5 Å². The predicted molar refractivity (Wildman–Crippen MR) is 83.5 cm³/mol. The molecule has 0 amide bonds. The van der Waals surface area contributed by atoms with E-state index < -0.39 is 0 Å². The fourth-order valence-corrected chi connectivity index (χ4v) is 3.47. The second-order valence-corrected chi connectivity index (χ2v) is 6.59. The summed E-state index contributed by atoms with van der Waals surface area (Å²) in [7, 11) is 2.01. The van der Waals surface area contributed by atoms with Crippen LogP contribution in [0.15, 0.2) is 6.20 Å². The van der Waals surface area contributed by atoms with Gasteiger partial charge < -0.3 is 5.73 Å². The molecule has 0 saturated heterocycles. The van der Waals surface area contributed by atoms with Crippen molar-refractivity contribution in [2.45, 2.75) is 58.5 Å². The molecular weight excluding hydrogens is 248 g/mol. The Balaban J connectivity index is 2.25. The monoisotopic (exact) mass is 278 g/mol. The summed E-state index contributed by atoms with van der Waals surface area (Å²) < 4.78 is 1.96. The van der Waals surface area contributed by atoms with Crippen LogP contribution < -0.4 is 5.73 Å². The van der Waals surface area contributed by atoms with E-state index in [0.717, 1.165) is 6.54 Å². The van der Waals surface area contributed by atoms with Gasteiger partial charge in [0.1, 0.15) is 0 Å². The van der Waals surface area contributed by atoms with Crippen molar-refractivity contribution in [2.75, 3.05) is 13.1 Å². The molecule has 1 aromatic rings. The number of nitrogens with zero attached hydrogens (tertiary/aromatic N) is 3. The van der Waals surface area contributed by atoms with E-state index in [9.17, 15) is 0 Å². The SMILES string of the molecule is Cc1c(C(CN)N(CC(C)C)C2CCCC2)cnn1C. The third-order valence-corrected chi connectivity index (χ3v) is 4.63. The van der Waals surface area contributed by atoms with Gasteiger partial charge in [-0.3, -0.25) is 9.58 Å². The topological polar surface area (TPSA) is 47.1 Å². The van der Waals surface area contributed by atoms with E-state index in [4.69, 9.17) is 5.73 Å². The van der Waals surface area contributed by atoms with Gasteiger partial charge in [0.05, 0.1) is 12.2 Å². The van der Waals surface area contributed by atoms with Gasteiger partial charge >= 0.3 is 0 Å². The molecule has 1 saturated carbocycles. The lowest BCUT2D eigenvalue weighted by Crippen LogP contribution is -2.42. The number of rotatable bonds is 6. The summed E-state index contributed by atoms with van der Waals surface area (Å²) in [6, 6.07) is 1.01. The summed E-state index contributed by atoms with van der Waals surface area (Å²) in [5.41, 5.74) is 8.70. The van der Waals surface area contributed by atoms with Crippen LogP contribution in [0.25, 0.3) is 0 Å². The van der Waals surface area contributed by atoms with E-state index in [1.807, 2.05) is 17.9 Å². The van der Waals surface area contributed by atoms with Crippen molar-refractivity contribution in [1.29, 1.82) is 0 Å². The fraction of sp³-hybridized carbons (Fsp3) is 0.812. The fourth-order valence-electron chi connectivity index (χ4n) is 3.47. The Morgan fingerprint density at radius 1 is 1.40 bits per heavy atom. The van der Waals surface area contributed by atoms with Gasteiger partial charge in [-0.25, -0.2) is 0 Å². The maximum absolute atomic E-state index is 6.15. The lowest BCUT2D eigenvalue weighted by molar-refractivity contribution is 0.121. The molecule has 114 valence electrons. The summed E-state index contributed by atoms with van der Waals surface area (Å²) in [4.78, 5) is 2.65. The average molecular weight is 278 g/mol. The first-order chi connectivity index (χ1) is 9.54. The number of aromatic nitrogens is 2. The molecule has 4 heteroatoms. The van der Waals surface area contributed by atoms with Crippen LogP contribution in [-0.4, -0.2) is 33.8 Å². The van der Waals surface area contributed by atoms with Crippen LogP contribution in [0.5, 0.6) is 0 Å². The number of aryl methyl sites for hydroxylation is 1. The smallest absolute Gasteiger partial charge is 0.0540 e. The molecule has 4 nitrogen and oxygen atoms in total. The largest absolute Gasteiger partial charge is 0.329 e. The third kappa shape index (κ3) is 3.23. The van der Waals surface area contributed by atoms with E-state index in [1.54, 1.807) is 0 Å². The average Bonchev–Trinajstić information content (AvgIpc) is 3.03. The molecule has 2 N–H and O–H groups in total. The number of hydrogen-bond donors (Lipinski definition) is 1. The highest BCUT2D eigenvalue weighted by Gasteiger charge is 2.30. The Morgan fingerprint density at radius 3 is 2.50 bits per heavy atom. The lowest BCUT2D eigenvalue weighted by atomic mass is 10.0. The number of hydrogen-bond acceptors (Lipinski definition) is 3. The second-order valence-electron chi connectivity index (χ2n) is 6.59. The van der Waals surface area contributed by atoms with Gasteiger partial charge in [-0.2, -0.15) is 5.10 Å². The zero-order valence-corrected chi connectivity index (χ0v) is 13.5. The van der Waals surface area contributed by atoms with Gasteiger partial charge in [-0.1, -0.05) is 26.7 Å². The molecule has 0 aromatic carbocycles. The first kappa shape index (κ1) is 15.5. The summed E-state index contributed by atoms with van der Waals surface area (Å²) in [5, 5.41) is 4.41. The standard InChI is InChI=1S/C16H30N4/c1-12(2)11-20(14-7-5-6-8-14)16(9-17)15-10-18-19(4)13(15)3/h10,12,14,16H,5-9,11,17H2,1-4H3. The molecule has 0 aliphatic heterocycles. The third-order valence-electron chi connectivity index (χ3n) is 4.63. The molecule has 0 radical (unpaired) electrons. The Bertz CT molecular complexity index is 418. The molecule has 20 heavy (non-hydrogen) atoms. The lowest BCUT2D eigenvalue weighted by Gasteiger charge is -2.37. The Morgan fingerprint density at radius 2 is 2.05 bits per heavy atom. The Hall–Kier alpha value is -0.870. The van der Waals surface area contributed by atoms with Gasteiger partial charge in [0.15, 0.2) is 0 Å². The van der Waals surface area contributed by atoms with Crippen LogP contribution in [0, 0.1) is 12.8 Å². The molecule has 1 heterocycles. The first-order valence-electron chi connectivity index (χ1n) is 7.98. The summed E-state index contributed by atoms with van der Waals surface area (Å²) in [6.45, 7) is 8.54. The van der Waals surface area contributed by atoms with Gasteiger partial charge in [0.25, 0.3) is 0 Å². The molecule has 1 aliphatic rings. The van der Waals surface area contributed by atoms with Crippen molar-refractivity contribution in [3.63, 3.8) is 0 Å². The molecule has 1 fully saturated rings. The second kappa shape index (κ2) is 6.72. The minimum atomic E-state index is 0.314. The van der Waals surface area contributed by atoms with Crippen LogP contribution in [0.1, 0.15) is 56.8 Å². The normalized spacial score (nSPS) is 18.4. The number of nitrogens with two attached hydrogens (primary N) is 1. The van der Waals surface area contributed by atoms with Gasteiger partial charge in [0.2, 0.25) is 0 Å². The van der Waals surface area contributed by atoms with Crippen molar-refractivity contribution in [1.82, 2.24) is 14.7 Å². The summed E-state index contributed by atoms with van der Waals surface area (Å²) in [6.07, 6.45) is 7.38. The van der Waals surface area contributed by atoms with Crippen LogP contribution in [-0.2, 0) is 7.05 Å². The van der Waals surface area contributed by atoms with Crippen molar-refractivity contribution in [3.8, 4) is 0 Å². The highest BCUT2D eigenvalue weighted by molar-refractivity contribution is 5.21. The minimum absolute atomic E-state index is 0.314. The summed E-state index contributed by atoms with van der Waals surface area (Å²) in [5.74, 6) is 0.668. The van der Waals surface area contributed by atoms with Crippen molar-refractivity contribution < 1.29 is 0 Å². The van der Waals surface area contributed by atoms with E-state index >= 15 is 0 Å². The van der Waals surface area contributed by atoms with E-state index in [2.05, 4.69) is 30.8 Å². The molecule has 1 aliphatic carbocycles. The minimum Gasteiger partial charge on any atom is -0.329 e. The Kier molecular flexibility index (Phi) is 5.22. The maximum atomic E-state index is 6.15. The zero-order chi connectivity index (χ0) is 14.7. The Labute approximate surface area is 123 Å². The van der Waals surface area contributed by atoms with Gasteiger partial charge in [0, 0.05) is 37.4 Å². The van der Waals surface area contributed by atoms with Crippen LogP contribution >= 0.6 is 0 Å². The molecule has 1 atom stereocenters. The van der Waals surface area contributed by atoms with E-state index in [0.29, 0.717) is 24.5 Å². The quantitative estimate of drug-likeness (QED) is 0.870. The molecule has 0 spiro atoms. The maximum Gasteiger partial charge on any atom is 0.0540 e. The molecule has 1 unspecified atom stereocenters. The molecule has 0 bridgehead atoms. The van der Waals surface area contributed by atoms with Crippen LogP contribution in [0.3, 0.4) is 0 Å². The molecule has 2 rings (SSSR count). The van der Waals surface area contributed by atoms with Crippen molar-refractivity contribution >= 4 is 0 Å². The van der Waals surface area contributed by atoms with E-state index in [-0.39, 0.29) is 0 Å². The highest BCUT2D eigenvalue weighted by Crippen LogP contribution is 2.32. The molecule has 1 aromatic heterocycles. The van der Waals surface area contributed by atoms with Gasteiger partial charge in [-0.05, 0) is 25.7 Å². The van der Waals surface area contributed by atoms with Crippen molar-refractivity contribution in [2.24, 2.45) is 18.7 Å². The molecular formula is C16H30N4. The van der Waals surface area contributed by atoms with E-state index in [1.165, 1.54) is 36.9 Å². The van der Waals surface area contributed by atoms with Gasteiger partial charge in [-0.15, -0.1) is 0 Å².